The van der Waals surface area contributed by atoms with Gasteiger partial charge in [-0.05, 0) is 47.9 Å². The zero-order chi connectivity index (χ0) is 22.5. The molecule has 166 valence electrons. The molecule has 0 aromatic heterocycles. The molecule has 0 aliphatic carbocycles. The molecule has 3 aromatic rings. The van der Waals surface area contributed by atoms with E-state index in [2.05, 4.69) is 10.2 Å². The van der Waals surface area contributed by atoms with Gasteiger partial charge in [-0.25, -0.2) is 4.39 Å². The zero-order valence-corrected chi connectivity index (χ0v) is 18.3. The average Bonchev–Trinajstić information content (AvgIpc) is 2.84. The number of hydrogen-bond donors (Lipinski definition) is 1. The Balaban J connectivity index is 1.64. The standard InChI is InChI=1S/C26H27FN2O3/c1-31-24-14-19-12-13-29(17-20-10-6-7-11-22(20)27)23(21(19)15-25(24)32-2)16-28-26(30)18-8-4-3-5-9-18/h3-11,14-15,23H,12-13,16-17H2,1-2H3,(H,28,30). The van der Waals surface area contributed by atoms with Crippen LogP contribution >= 0.6 is 0 Å². The van der Waals surface area contributed by atoms with Crippen LogP contribution < -0.4 is 14.8 Å². The van der Waals surface area contributed by atoms with Crippen LogP contribution in [0.15, 0.2) is 66.7 Å². The third-order valence-electron chi connectivity index (χ3n) is 5.94. The highest BCUT2D eigenvalue weighted by molar-refractivity contribution is 5.94. The summed E-state index contributed by atoms with van der Waals surface area (Å²) < 4.78 is 25.4. The lowest BCUT2D eigenvalue weighted by molar-refractivity contribution is 0.0925. The predicted octanol–water partition coefficient (Wildman–Crippen LogP) is 4.37. The molecule has 5 nitrogen and oxygen atoms in total. The summed E-state index contributed by atoms with van der Waals surface area (Å²) >= 11 is 0. The summed E-state index contributed by atoms with van der Waals surface area (Å²) in [7, 11) is 3.23. The van der Waals surface area contributed by atoms with E-state index in [0.29, 0.717) is 35.7 Å². The molecule has 1 amide bonds. The predicted molar refractivity (Wildman–Crippen MR) is 122 cm³/mol. The molecule has 0 spiro atoms. The minimum Gasteiger partial charge on any atom is -0.493 e. The molecular weight excluding hydrogens is 407 g/mol. The monoisotopic (exact) mass is 434 g/mol. The summed E-state index contributed by atoms with van der Waals surface area (Å²) in [6.45, 7) is 1.58. The Labute approximate surface area is 187 Å². The van der Waals surface area contributed by atoms with Gasteiger partial charge in [0, 0.05) is 30.8 Å². The van der Waals surface area contributed by atoms with Crippen molar-refractivity contribution in [3.63, 3.8) is 0 Å². The first-order valence-corrected chi connectivity index (χ1v) is 10.7. The van der Waals surface area contributed by atoms with E-state index in [0.717, 1.165) is 24.1 Å². The highest BCUT2D eigenvalue weighted by atomic mass is 19.1. The first-order chi connectivity index (χ1) is 15.6. The summed E-state index contributed by atoms with van der Waals surface area (Å²) in [5, 5.41) is 3.06. The molecule has 0 bridgehead atoms. The van der Waals surface area contributed by atoms with Gasteiger partial charge < -0.3 is 14.8 Å². The Bertz CT molecular complexity index is 1090. The van der Waals surface area contributed by atoms with Gasteiger partial charge in [0.2, 0.25) is 0 Å². The van der Waals surface area contributed by atoms with Crippen LogP contribution in [-0.2, 0) is 13.0 Å². The number of amides is 1. The number of nitrogens with zero attached hydrogens (tertiary/aromatic N) is 1. The van der Waals surface area contributed by atoms with Crippen LogP contribution in [0.2, 0.25) is 0 Å². The fourth-order valence-corrected chi connectivity index (χ4v) is 4.23. The van der Waals surface area contributed by atoms with Gasteiger partial charge in [-0.2, -0.15) is 0 Å². The lowest BCUT2D eigenvalue weighted by Crippen LogP contribution is -2.42. The van der Waals surface area contributed by atoms with Gasteiger partial charge in [-0.1, -0.05) is 36.4 Å². The number of hydrogen-bond acceptors (Lipinski definition) is 4. The van der Waals surface area contributed by atoms with E-state index in [1.165, 1.54) is 6.07 Å². The van der Waals surface area contributed by atoms with Crippen LogP contribution in [0.3, 0.4) is 0 Å². The van der Waals surface area contributed by atoms with Crippen LogP contribution in [0.1, 0.15) is 33.1 Å². The topological polar surface area (TPSA) is 50.8 Å². The van der Waals surface area contributed by atoms with Crippen molar-refractivity contribution in [3.8, 4) is 11.5 Å². The highest BCUT2D eigenvalue weighted by Gasteiger charge is 2.30. The normalized spacial score (nSPS) is 15.7. The number of nitrogens with one attached hydrogen (secondary N) is 1. The second kappa shape index (κ2) is 9.83. The molecule has 32 heavy (non-hydrogen) atoms. The van der Waals surface area contributed by atoms with Crippen LogP contribution in [0.4, 0.5) is 4.39 Å². The Morgan fingerprint density at radius 3 is 2.44 bits per heavy atom. The van der Waals surface area contributed by atoms with Crippen molar-refractivity contribution in [2.24, 2.45) is 0 Å². The minimum absolute atomic E-state index is 0.133. The van der Waals surface area contributed by atoms with Crippen molar-refractivity contribution in [1.82, 2.24) is 10.2 Å². The number of fused-ring (bicyclic) bond motifs is 1. The molecule has 6 heteroatoms. The summed E-state index contributed by atoms with van der Waals surface area (Å²) in [6.07, 6.45) is 0.799. The third-order valence-corrected chi connectivity index (χ3v) is 5.94. The molecule has 1 heterocycles. The lowest BCUT2D eigenvalue weighted by atomic mass is 9.91. The summed E-state index contributed by atoms with van der Waals surface area (Å²) in [4.78, 5) is 14.9. The van der Waals surface area contributed by atoms with Gasteiger partial charge in [0.25, 0.3) is 5.91 Å². The van der Waals surface area contributed by atoms with Crippen LogP contribution in [0.5, 0.6) is 11.5 Å². The van der Waals surface area contributed by atoms with Crippen LogP contribution in [0.25, 0.3) is 0 Å². The first kappa shape index (κ1) is 21.8. The van der Waals surface area contributed by atoms with Crippen LogP contribution in [0, 0.1) is 5.82 Å². The van der Waals surface area contributed by atoms with Gasteiger partial charge in [0.15, 0.2) is 11.5 Å². The van der Waals surface area contributed by atoms with Crippen molar-refractivity contribution in [2.45, 2.75) is 19.0 Å². The summed E-state index contributed by atoms with van der Waals surface area (Å²) in [5.74, 6) is 0.959. The number of ether oxygens (including phenoxy) is 2. The van der Waals surface area contributed by atoms with Crippen molar-refractivity contribution in [1.29, 1.82) is 0 Å². The maximum atomic E-state index is 14.4. The summed E-state index contributed by atoms with van der Waals surface area (Å²) in [5.41, 5.74) is 3.44. The first-order valence-electron chi connectivity index (χ1n) is 10.7. The van der Waals surface area contributed by atoms with Crippen molar-refractivity contribution < 1.29 is 18.7 Å². The molecule has 4 rings (SSSR count). The minimum atomic E-state index is -0.224. The van der Waals surface area contributed by atoms with Gasteiger partial charge in [-0.15, -0.1) is 0 Å². The van der Waals surface area contributed by atoms with Crippen molar-refractivity contribution in [3.05, 3.63) is 94.8 Å². The molecule has 0 saturated carbocycles. The Hall–Kier alpha value is -3.38. The van der Waals surface area contributed by atoms with Crippen molar-refractivity contribution in [2.75, 3.05) is 27.3 Å². The fourth-order valence-electron chi connectivity index (χ4n) is 4.23. The fraction of sp³-hybridized carbons (Fsp3) is 0.269. The number of benzene rings is 3. The summed E-state index contributed by atoms with van der Waals surface area (Å²) in [6, 6.07) is 19.8. The number of methoxy groups -OCH3 is 2. The SMILES string of the molecule is COc1cc2c(cc1OC)C(CNC(=O)c1ccccc1)N(Cc1ccccc1F)CC2. The number of rotatable bonds is 7. The maximum absolute atomic E-state index is 14.4. The zero-order valence-electron chi connectivity index (χ0n) is 18.3. The molecule has 1 aliphatic heterocycles. The number of carbonyl (C=O) groups is 1. The van der Waals surface area contributed by atoms with Crippen LogP contribution in [-0.4, -0.2) is 38.1 Å². The lowest BCUT2D eigenvalue weighted by Gasteiger charge is -2.38. The molecule has 0 fully saturated rings. The Morgan fingerprint density at radius 2 is 1.72 bits per heavy atom. The second-order valence-corrected chi connectivity index (χ2v) is 7.81. The Kier molecular flexibility index (Phi) is 6.71. The van der Waals surface area contributed by atoms with E-state index in [4.69, 9.17) is 9.47 Å². The van der Waals surface area contributed by atoms with Gasteiger partial charge >= 0.3 is 0 Å². The van der Waals surface area contributed by atoms with Gasteiger partial charge in [0.05, 0.1) is 20.3 Å². The molecule has 1 N–H and O–H groups in total. The van der Waals surface area contributed by atoms with E-state index in [-0.39, 0.29) is 17.8 Å². The molecular formula is C26H27FN2O3. The third kappa shape index (κ3) is 4.60. The van der Waals surface area contributed by atoms with E-state index >= 15 is 0 Å². The van der Waals surface area contributed by atoms with E-state index in [1.54, 1.807) is 38.5 Å². The molecule has 1 aliphatic rings. The van der Waals surface area contributed by atoms with Crippen molar-refractivity contribution >= 4 is 5.91 Å². The van der Waals surface area contributed by atoms with E-state index in [9.17, 15) is 9.18 Å². The van der Waals surface area contributed by atoms with E-state index in [1.807, 2.05) is 36.4 Å². The Morgan fingerprint density at radius 1 is 1.03 bits per heavy atom. The smallest absolute Gasteiger partial charge is 0.251 e. The van der Waals surface area contributed by atoms with E-state index < -0.39 is 0 Å². The maximum Gasteiger partial charge on any atom is 0.251 e. The van der Waals surface area contributed by atoms with Gasteiger partial charge in [0.1, 0.15) is 5.82 Å². The largest absolute Gasteiger partial charge is 0.493 e. The van der Waals surface area contributed by atoms with Gasteiger partial charge in [-0.3, -0.25) is 9.69 Å². The molecule has 3 aromatic carbocycles. The highest BCUT2D eigenvalue weighted by Crippen LogP contribution is 2.38. The quantitative estimate of drug-likeness (QED) is 0.600. The molecule has 0 saturated heterocycles. The molecule has 1 atom stereocenters. The second-order valence-electron chi connectivity index (χ2n) is 7.81. The molecule has 1 unspecified atom stereocenters. The average molecular weight is 435 g/mol. The molecule has 0 radical (unpaired) electrons. The number of carbonyl (C=O) groups excluding carboxylic acids is 1. The number of halogens is 1.